The van der Waals surface area contributed by atoms with Crippen molar-refractivity contribution in [2.45, 2.75) is 25.4 Å². The van der Waals surface area contributed by atoms with Gasteiger partial charge in [-0.3, -0.25) is 0 Å². The first-order chi connectivity index (χ1) is 10.1. The standard InChI is InChI=1S/C18H20O3/c1-18(19,14-8-4-9-15(12-14)20-2)16-10-3-6-13-7-5-11-21-17(13)16/h3-4,6,8-10,12,19H,5,7,11H2,1-2H3. The van der Waals surface area contributed by atoms with Gasteiger partial charge in [0.05, 0.1) is 13.7 Å². The summed E-state index contributed by atoms with van der Waals surface area (Å²) in [5, 5.41) is 11.1. The van der Waals surface area contributed by atoms with Crippen molar-refractivity contribution in [1.82, 2.24) is 0 Å². The Morgan fingerprint density at radius 1 is 1.19 bits per heavy atom. The van der Waals surface area contributed by atoms with Crippen LogP contribution in [-0.2, 0) is 12.0 Å². The second kappa shape index (κ2) is 5.41. The van der Waals surface area contributed by atoms with Gasteiger partial charge in [0.1, 0.15) is 17.1 Å². The first-order valence-electron chi connectivity index (χ1n) is 7.25. The fraction of sp³-hybridized carbons (Fsp3) is 0.333. The van der Waals surface area contributed by atoms with Gasteiger partial charge < -0.3 is 14.6 Å². The minimum Gasteiger partial charge on any atom is -0.497 e. The molecule has 1 heterocycles. The highest BCUT2D eigenvalue weighted by atomic mass is 16.5. The third-order valence-electron chi connectivity index (χ3n) is 4.09. The predicted molar refractivity (Wildman–Crippen MR) is 81.9 cm³/mol. The Labute approximate surface area is 125 Å². The Morgan fingerprint density at radius 3 is 2.81 bits per heavy atom. The van der Waals surface area contributed by atoms with Gasteiger partial charge in [-0.2, -0.15) is 0 Å². The van der Waals surface area contributed by atoms with E-state index in [2.05, 4.69) is 6.07 Å². The summed E-state index contributed by atoms with van der Waals surface area (Å²) in [7, 11) is 1.63. The molecule has 2 aromatic rings. The highest BCUT2D eigenvalue weighted by molar-refractivity contribution is 5.50. The third-order valence-corrected chi connectivity index (χ3v) is 4.09. The van der Waals surface area contributed by atoms with Gasteiger partial charge in [-0.15, -0.1) is 0 Å². The number of aliphatic hydroxyl groups is 1. The SMILES string of the molecule is COc1cccc(C(C)(O)c2cccc3c2OCCC3)c1. The number of rotatable bonds is 3. The van der Waals surface area contributed by atoms with E-state index in [1.54, 1.807) is 14.0 Å². The van der Waals surface area contributed by atoms with Gasteiger partial charge in [-0.05, 0) is 43.0 Å². The van der Waals surface area contributed by atoms with Gasteiger partial charge in [-0.25, -0.2) is 0 Å². The summed E-state index contributed by atoms with van der Waals surface area (Å²) >= 11 is 0. The lowest BCUT2D eigenvalue weighted by Gasteiger charge is -2.30. The lowest BCUT2D eigenvalue weighted by atomic mass is 9.85. The minimum atomic E-state index is -1.11. The predicted octanol–water partition coefficient (Wildman–Crippen LogP) is 3.28. The van der Waals surface area contributed by atoms with Gasteiger partial charge in [0.25, 0.3) is 0 Å². The molecule has 0 radical (unpaired) electrons. The van der Waals surface area contributed by atoms with Crippen LogP contribution in [-0.4, -0.2) is 18.8 Å². The second-order valence-electron chi connectivity index (χ2n) is 5.55. The molecule has 1 aliphatic rings. The molecule has 21 heavy (non-hydrogen) atoms. The van der Waals surface area contributed by atoms with Crippen LogP contribution in [0.4, 0.5) is 0 Å². The Hall–Kier alpha value is -2.00. The Balaban J connectivity index is 2.09. The van der Waals surface area contributed by atoms with Gasteiger partial charge in [0.2, 0.25) is 0 Å². The summed E-state index contributed by atoms with van der Waals surface area (Å²) in [5.41, 5.74) is 1.66. The Morgan fingerprint density at radius 2 is 2.00 bits per heavy atom. The largest absolute Gasteiger partial charge is 0.497 e. The van der Waals surface area contributed by atoms with Crippen LogP contribution in [0.15, 0.2) is 42.5 Å². The lowest BCUT2D eigenvalue weighted by molar-refractivity contribution is 0.0965. The molecule has 0 aliphatic carbocycles. The zero-order valence-electron chi connectivity index (χ0n) is 12.4. The molecule has 0 amide bonds. The van der Waals surface area contributed by atoms with E-state index >= 15 is 0 Å². The van der Waals surface area contributed by atoms with Crippen molar-refractivity contribution in [3.8, 4) is 11.5 Å². The van der Waals surface area contributed by atoms with E-state index < -0.39 is 5.60 Å². The maximum atomic E-state index is 11.1. The monoisotopic (exact) mass is 284 g/mol. The summed E-state index contributed by atoms with van der Waals surface area (Å²) < 4.78 is 11.1. The number of aryl methyl sites for hydroxylation is 1. The molecule has 3 rings (SSSR count). The molecule has 3 nitrogen and oxygen atoms in total. The number of ether oxygens (including phenoxy) is 2. The van der Waals surface area contributed by atoms with Gasteiger partial charge in [-0.1, -0.05) is 30.3 Å². The molecular formula is C18H20O3. The normalized spacial score (nSPS) is 16.5. The number of fused-ring (bicyclic) bond motifs is 1. The molecule has 1 aliphatic heterocycles. The topological polar surface area (TPSA) is 38.7 Å². The number of hydrogen-bond donors (Lipinski definition) is 1. The van der Waals surface area contributed by atoms with Crippen LogP contribution >= 0.6 is 0 Å². The molecule has 0 saturated heterocycles. The van der Waals surface area contributed by atoms with Crippen LogP contribution in [0, 0.1) is 0 Å². The van der Waals surface area contributed by atoms with Gasteiger partial charge in [0, 0.05) is 5.56 Å². The summed E-state index contributed by atoms with van der Waals surface area (Å²) in [6, 6.07) is 13.5. The molecule has 3 heteroatoms. The maximum absolute atomic E-state index is 11.1. The van der Waals surface area contributed by atoms with Gasteiger partial charge in [0.15, 0.2) is 0 Å². The summed E-state index contributed by atoms with van der Waals surface area (Å²) in [6.45, 7) is 2.51. The average molecular weight is 284 g/mol. The van der Waals surface area contributed by atoms with Crippen LogP contribution < -0.4 is 9.47 Å². The van der Waals surface area contributed by atoms with Crippen molar-refractivity contribution in [3.63, 3.8) is 0 Å². The number of para-hydroxylation sites is 1. The van der Waals surface area contributed by atoms with Gasteiger partial charge >= 0.3 is 0 Å². The quantitative estimate of drug-likeness (QED) is 0.940. The first kappa shape index (κ1) is 14.0. The van der Waals surface area contributed by atoms with E-state index in [1.165, 1.54) is 5.56 Å². The van der Waals surface area contributed by atoms with Crippen molar-refractivity contribution < 1.29 is 14.6 Å². The Kier molecular flexibility index (Phi) is 3.60. The van der Waals surface area contributed by atoms with E-state index in [0.717, 1.165) is 35.5 Å². The first-order valence-corrected chi connectivity index (χ1v) is 7.25. The molecule has 1 N–H and O–H groups in total. The van der Waals surface area contributed by atoms with Crippen LogP contribution in [0.25, 0.3) is 0 Å². The number of benzene rings is 2. The van der Waals surface area contributed by atoms with Crippen LogP contribution in [0.1, 0.15) is 30.0 Å². The van der Waals surface area contributed by atoms with Crippen LogP contribution in [0.3, 0.4) is 0 Å². The summed E-state index contributed by atoms with van der Waals surface area (Å²) in [4.78, 5) is 0. The van der Waals surface area contributed by atoms with Crippen LogP contribution in [0.5, 0.6) is 11.5 Å². The second-order valence-corrected chi connectivity index (χ2v) is 5.55. The van der Waals surface area contributed by atoms with Crippen molar-refractivity contribution in [2.24, 2.45) is 0 Å². The summed E-state index contributed by atoms with van der Waals surface area (Å²) in [6.07, 6.45) is 2.02. The molecule has 2 aromatic carbocycles. The third kappa shape index (κ3) is 2.49. The minimum absolute atomic E-state index is 0.707. The number of methoxy groups -OCH3 is 1. The van der Waals surface area contributed by atoms with Crippen molar-refractivity contribution >= 4 is 0 Å². The zero-order chi connectivity index (χ0) is 14.9. The molecule has 1 unspecified atom stereocenters. The highest BCUT2D eigenvalue weighted by Crippen LogP contribution is 2.39. The summed E-state index contributed by atoms with van der Waals surface area (Å²) in [5.74, 6) is 1.56. The van der Waals surface area contributed by atoms with Crippen molar-refractivity contribution in [3.05, 3.63) is 59.2 Å². The van der Waals surface area contributed by atoms with E-state index in [4.69, 9.17) is 9.47 Å². The molecular weight excluding hydrogens is 264 g/mol. The van der Waals surface area contributed by atoms with Crippen molar-refractivity contribution in [2.75, 3.05) is 13.7 Å². The molecule has 0 aromatic heterocycles. The molecule has 1 atom stereocenters. The molecule has 110 valence electrons. The Bertz CT molecular complexity index is 647. The van der Waals surface area contributed by atoms with E-state index in [9.17, 15) is 5.11 Å². The van der Waals surface area contributed by atoms with Crippen molar-refractivity contribution in [1.29, 1.82) is 0 Å². The fourth-order valence-electron chi connectivity index (χ4n) is 2.85. The molecule has 0 fully saturated rings. The molecule has 0 saturated carbocycles. The fourth-order valence-corrected chi connectivity index (χ4v) is 2.85. The van der Waals surface area contributed by atoms with Crippen LogP contribution in [0.2, 0.25) is 0 Å². The zero-order valence-corrected chi connectivity index (χ0v) is 12.4. The molecule has 0 spiro atoms. The van der Waals surface area contributed by atoms with E-state index in [-0.39, 0.29) is 0 Å². The molecule has 0 bridgehead atoms. The average Bonchev–Trinajstić information content (AvgIpc) is 2.54. The maximum Gasteiger partial charge on any atom is 0.128 e. The smallest absolute Gasteiger partial charge is 0.128 e. The number of hydrogen-bond acceptors (Lipinski definition) is 3. The highest BCUT2D eigenvalue weighted by Gasteiger charge is 2.31. The van der Waals surface area contributed by atoms with E-state index in [0.29, 0.717) is 6.61 Å². The lowest BCUT2D eigenvalue weighted by Crippen LogP contribution is -2.25. The van der Waals surface area contributed by atoms with E-state index in [1.807, 2.05) is 36.4 Å².